The molecule has 180 valence electrons. The number of hydrogen-bond acceptors (Lipinski definition) is 6. The van der Waals surface area contributed by atoms with Gasteiger partial charge in [-0.2, -0.15) is 0 Å². The second-order valence-electron chi connectivity index (χ2n) is 8.30. The van der Waals surface area contributed by atoms with Gasteiger partial charge in [0.05, 0.1) is 16.2 Å². The average Bonchev–Trinajstić information content (AvgIpc) is 3.23. The zero-order valence-electron chi connectivity index (χ0n) is 19.2. The van der Waals surface area contributed by atoms with E-state index < -0.39 is 17.8 Å². The molecule has 1 fully saturated rings. The van der Waals surface area contributed by atoms with Crippen molar-refractivity contribution in [3.63, 3.8) is 0 Å². The largest absolute Gasteiger partial charge is 0.481 e. The van der Waals surface area contributed by atoms with Crippen molar-refractivity contribution in [2.45, 2.75) is 26.7 Å². The maximum absolute atomic E-state index is 13.5. The van der Waals surface area contributed by atoms with Gasteiger partial charge in [-0.15, -0.1) is 0 Å². The predicted molar refractivity (Wildman–Crippen MR) is 139 cm³/mol. The number of carbonyl (C=O) groups is 4. The minimum Gasteiger partial charge on any atom is -0.481 e. The summed E-state index contributed by atoms with van der Waals surface area (Å²) in [6.07, 6.45) is 0.160. The molecule has 0 spiro atoms. The summed E-state index contributed by atoms with van der Waals surface area (Å²) in [7, 11) is 0. The van der Waals surface area contributed by atoms with Crippen molar-refractivity contribution in [1.82, 2.24) is 4.90 Å². The SMILES string of the molecule is Cc1ccc(NC(=O)CN2C(=O)C(=C3SC(=S)N(CCCC(=O)O)C3=O)c3ccccc32)c(C)c1. The lowest BCUT2D eigenvalue weighted by Gasteiger charge is -2.17. The fourth-order valence-corrected chi connectivity index (χ4v) is 5.45. The standard InChI is InChI=1S/C25H23N3O5S2/c1-14-9-10-17(15(2)12-14)26-19(29)13-28-18-7-4-3-6-16(18)21(23(28)32)22-24(33)27(25(34)35-22)11-5-8-20(30)31/h3-4,6-7,9-10,12H,5,8,11,13H2,1-2H3,(H,26,29)(H,30,31). The molecule has 2 aromatic carbocycles. The van der Waals surface area contributed by atoms with Crippen LogP contribution in [0.2, 0.25) is 0 Å². The number of nitrogens with one attached hydrogen (secondary N) is 1. The molecule has 1 saturated heterocycles. The van der Waals surface area contributed by atoms with Crippen molar-refractivity contribution in [3.8, 4) is 0 Å². The van der Waals surface area contributed by atoms with Gasteiger partial charge in [0, 0.05) is 24.2 Å². The first-order valence-corrected chi connectivity index (χ1v) is 12.2. The molecule has 0 bridgehead atoms. The maximum Gasteiger partial charge on any atom is 0.303 e. The summed E-state index contributed by atoms with van der Waals surface area (Å²) in [5.41, 5.74) is 3.97. The van der Waals surface area contributed by atoms with Gasteiger partial charge in [0.2, 0.25) is 5.91 Å². The number of fused-ring (bicyclic) bond motifs is 1. The average molecular weight is 510 g/mol. The van der Waals surface area contributed by atoms with Gasteiger partial charge in [-0.1, -0.05) is 59.9 Å². The Morgan fingerprint density at radius 3 is 2.51 bits per heavy atom. The summed E-state index contributed by atoms with van der Waals surface area (Å²) in [6.45, 7) is 3.81. The van der Waals surface area contributed by atoms with Crippen molar-refractivity contribution in [1.29, 1.82) is 0 Å². The number of amides is 3. The Bertz CT molecular complexity index is 1300. The molecule has 2 aromatic rings. The number of carboxylic acids is 1. The second kappa shape index (κ2) is 10.0. The lowest BCUT2D eigenvalue weighted by molar-refractivity contribution is -0.137. The third-order valence-electron chi connectivity index (χ3n) is 5.73. The minimum absolute atomic E-state index is 0.0892. The monoisotopic (exact) mass is 509 g/mol. The fourth-order valence-electron chi connectivity index (χ4n) is 4.07. The zero-order valence-corrected chi connectivity index (χ0v) is 20.8. The maximum atomic E-state index is 13.5. The number of aryl methyl sites for hydroxylation is 2. The van der Waals surface area contributed by atoms with Crippen molar-refractivity contribution in [3.05, 3.63) is 64.1 Å². The van der Waals surface area contributed by atoms with Crippen LogP contribution in [0, 0.1) is 13.8 Å². The number of nitrogens with zero attached hydrogens (tertiary/aromatic N) is 2. The fraction of sp³-hybridized carbons (Fsp3) is 0.240. The number of aliphatic carboxylic acids is 1. The van der Waals surface area contributed by atoms with Crippen LogP contribution in [0.25, 0.3) is 5.57 Å². The highest BCUT2D eigenvalue weighted by molar-refractivity contribution is 8.26. The topological polar surface area (TPSA) is 107 Å². The Morgan fingerprint density at radius 2 is 1.80 bits per heavy atom. The van der Waals surface area contributed by atoms with Crippen LogP contribution in [0.4, 0.5) is 11.4 Å². The highest BCUT2D eigenvalue weighted by Crippen LogP contribution is 2.44. The van der Waals surface area contributed by atoms with Gasteiger partial charge in [-0.25, -0.2) is 0 Å². The second-order valence-corrected chi connectivity index (χ2v) is 9.95. The lowest BCUT2D eigenvalue weighted by atomic mass is 10.1. The molecule has 2 aliphatic rings. The number of anilines is 2. The summed E-state index contributed by atoms with van der Waals surface area (Å²) >= 11 is 6.36. The quantitative estimate of drug-likeness (QED) is 0.433. The van der Waals surface area contributed by atoms with Crippen molar-refractivity contribution in [2.24, 2.45) is 0 Å². The van der Waals surface area contributed by atoms with Gasteiger partial charge < -0.3 is 10.4 Å². The van der Waals surface area contributed by atoms with E-state index >= 15 is 0 Å². The van der Waals surface area contributed by atoms with Crippen LogP contribution in [0.3, 0.4) is 0 Å². The molecule has 2 aliphatic heterocycles. The molecule has 0 radical (unpaired) electrons. The first kappa shape index (κ1) is 24.6. The molecule has 4 rings (SSSR count). The molecule has 8 nitrogen and oxygen atoms in total. The molecule has 0 aromatic heterocycles. The summed E-state index contributed by atoms with van der Waals surface area (Å²) in [6, 6.07) is 12.7. The number of carboxylic acid groups (broad SMARTS) is 1. The zero-order chi connectivity index (χ0) is 25.3. The van der Waals surface area contributed by atoms with E-state index in [9.17, 15) is 19.2 Å². The molecule has 2 heterocycles. The van der Waals surface area contributed by atoms with E-state index in [2.05, 4.69) is 5.32 Å². The molecule has 0 unspecified atom stereocenters. The van der Waals surface area contributed by atoms with Crippen LogP contribution in [-0.4, -0.2) is 51.1 Å². The smallest absolute Gasteiger partial charge is 0.303 e. The van der Waals surface area contributed by atoms with Crippen LogP contribution in [0.5, 0.6) is 0 Å². The molecule has 0 atom stereocenters. The molecule has 2 N–H and O–H groups in total. The van der Waals surface area contributed by atoms with Crippen LogP contribution in [-0.2, 0) is 19.2 Å². The van der Waals surface area contributed by atoms with E-state index in [-0.39, 0.29) is 46.6 Å². The van der Waals surface area contributed by atoms with Gasteiger partial charge in [-0.05, 0) is 38.0 Å². The Balaban J connectivity index is 1.59. The van der Waals surface area contributed by atoms with Gasteiger partial charge in [0.1, 0.15) is 10.9 Å². The number of carbonyl (C=O) groups excluding carboxylic acids is 3. The van der Waals surface area contributed by atoms with Crippen molar-refractivity contribution in [2.75, 3.05) is 23.3 Å². The number of rotatable bonds is 7. The molecular formula is C25H23N3O5S2. The normalized spacial score (nSPS) is 17.3. The Hall–Kier alpha value is -3.50. The van der Waals surface area contributed by atoms with Crippen LogP contribution < -0.4 is 10.2 Å². The molecular weight excluding hydrogens is 486 g/mol. The van der Waals surface area contributed by atoms with E-state index in [4.69, 9.17) is 17.3 Å². The van der Waals surface area contributed by atoms with Crippen molar-refractivity contribution >= 4 is 68.9 Å². The summed E-state index contributed by atoms with van der Waals surface area (Å²) < 4.78 is 0.277. The van der Waals surface area contributed by atoms with Crippen LogP contribution >= 0.6 is 24.0 Å². The van der Waals surface area contributed by atoms with E-state index in [0.717, 1.165) is 22.9 Å². The number of para-hydroxylation sites is 1. The molecule has 3 amide bonds. The molecule has 10 heteroatoms. The molecule has 0 aliphatic carbocycles. The summed E-state index contributed by atoms with van der Waals surface area (Å²) in [5, 5.41) is 11.7. The molecule has 0 saturated carbocycles. The predicted octanol–water partition coefficient (Wildman–Crippen LogP) is 3.72. The van der Waals surface area contributed by atoms with E-state index in [0.29, 0.717) is 16.9 Å². The van der Waals surface area contributed by atoms with Gasteiger partial charge >= 0.3 is 5.97 Å². The Kier molecular flexibility index (Phi) is 7.04. The number of thioether (sulfide) groups is 1. The van der Waals surface area contributed by atoms with Crippen LogP contribution in [0.15, 0.2) is 47.4 Å². The van der Waals surface area contributed by atoms with Gasteiger partial charge in [0.25, 0.3) is 11.8 Å². The number of benzene rings is 2. The highest BCUT2D eigenvalue weighted by Gasteiger charge is 2.42. The lowest BCUT2D eigenvalue weighted by Crippen LogP contribution is -2.35. The van der Waals surface area contributed by atoms with Crippen LogP contribution in [0.1, 0.15) is 29.5 Å². The first-order valence-electron chi connectivity index (χ1n) is 11.0. The molecule has 35 heavy (non-hydrogen) atoms. The van der Waals surface area contributed by atoms with Crippen molar-refractivity contribution < 1.29 is 24.3 Å². The van der Waals surface area contributed by atoms with E-state index in [1.807, 2.05) is 32.0 Å². The summed E-state index contributed by atoms with van der Waals surface area (Å²) in [5.74, 6) is -2.19. The Morgan fingerprint density at radius 1 is 1.06 bits per heavy atom. The highest BCUT2D eigenvalue weighted by atomic mass is 32.2. The van der Waals surface area contributed by atoms with E-state index in [1.165, 1.54) is 9.80 Å². The Labute approximate surface area is 212 Å². The number of hydrogen-bond donors (Lipinski definition) is 2. The third kappa shape index (κ3) is 4.98. The van der Waals surface area contributed by atoms with E-state index in [1.54, 1.807) is 24.3 Å². The van der Waals surface area contributed by atoms with Gasteiger partial charge in [0.15, 0.2) is 0 Å². The minimum atomic E-state index is -0.955. The van der Waals surface area contributed by atoms with Gasteiger partial charge in [-0.3, -0.25) is 29.0 Å². The first-order chi connectivity index (χ1) is 16.7. The summed E-state index contributed by atoms with van der Waals surface area (Å²) in [4.78, 5) is 53.2. The third-order valence-corrected chi connectivity index (χ3v) is 7.18. The number of thiocarbonyl (C=S) groups is 1.